The molecule has 0 aliphatic carbocycles. The van der Waals surface area contributed by atoms with E-state index in [4.69, 9.17) is 0 Å². The highest BCUT2D eigenvalue weighted by Gasteiger charge is 2.30. The molecule has 2 amide bonds. The Morgan fingerprint density at radius 3 is 2.68 bits per heavy atom. The number of carbonyl (C=O) groups excluding carboxylic acids is 3. The van der Waals surface area contributed by atoms with E-state index in [0.29, 0.717) is 0 Å². The minimum atomic E-state index is -0.814. The fraction of sp³-hybridized carbons (Fsp3) is 0.615. The average molecular weight is 267 g/mol. The van der Waals surface area contributed by atoms with Crippen LogP contribution in [-0.2, 0) is 14.4 Å². The number of nitrogens with zero attached hydrogens (tertiary/aromatic N) is 1. The van der Waals surface area contributed by atoms with Crippen LogP contribution in [0.1, 0.15) is 19.8 Å². The lowest BCUT2D eigenvalue weighted by Crippen LogP contribution is -2.50. The van der Waals surface area contributed by atoms with Crippen LogP contribution in [0.2, 0.25) is 0 Å². The van der Waals surface area contributed by atoms with Gasteiger partial charge >= 0.3 is 0 Å². The van der Waals surface area contributed by atoms with Crippen LogP contribution in [0.3, 0.4) is 0 Å². The van der Waals surface area contributed by atoms with Gasteiger partial charge in [0.1, 0.15) is 0 Å². The molecule has 2 N–H and O–H groups in total. The van der Waals surface area contributed by atoms with E-state index in [9.17, 15) is 14.4 Å². The van der Waals surface area contributed by atoms with Crippen LogP contribution in [0, 0.1) is 0 Å². The number of amides is 2. The van der Waals surface area contributed by atoms with E-state index < -0.39 is 17.7 Å². The molecule has 1 saturated heterocycles. The second kappa shape index (κ2) is 7.04. The highest BCUT2D eigenvalue weighted by Crippen LogP contribution is 2.14. The largest absolute Gasteiger partial charge is 0.346 e. The van der Waals surface area contributed by atoms with Crippen LogP contribution < -0.4 is 10.6 Å². The van der Waals surface area contributed by atoms with Gasteiger partial charge in [-0.3, -0.25) is 19.3 Å². The van der Waals surface area contributed by atoms with E-state index in [-0.39, 0.29) is 18.5 Å². The summed E-state index contributed by atoms with van der Waals surface area (Å²) >= 11 is 0. The van der Waals surface area contributed by atoms with Crippen LogP contribution in [0.25, 0.3) is 0 Å². The second-order valence-corrected chi connectivity index (χ2v) is 4.73. The van der Waals surface area contributed by atoms with Crippen molar-refractivity contribution in [2.24, 2.45) is 0 Å². The Kier molecular flexibility index (Phi) is 5.69. The fourth-order valence-corrected chi connectivity index (χ4v) is 2.07. The highest BCUT2D eigenvalue weighted by atomic mass is 16.2. The zero-order chi connectivity index (χ0) is 14.4. The molecule has 0 bridgehead atoms. The number of nitrogens with one attached hydrogen (secondary N) is 2. The van der Waals surface area contributed by atoms with Gasteiger partial charge in [0.05, 0.1) is 12.1 Å². The van der Waals surface area contributed by atoms with Crippen molar-refractivity contribution in [3.63, 3.8) is 0 Å². The first-order valence-electron chi connectivity index (χ1n) is 6.41. The van der Waals surface area contributed by atoms with Crippen molar-refractivity contribution >= 4 is 17.6 Å². The Morgan fingerprint density at radius 1 is 1.47 bits per heavy atom. The zero-order valence-electron chi connectivity index (χ0n) is 11.4. The third-order valence-corrected chi connectivity index (χ3v) is 3.21. The quantitative estimate of drug-likeness (QED) is 0.500. The van der Waals surface area contributed by atoms with E-state index in [2.05, 4.69) is 17.2 Å². The van der Waals surface area contributed by atoms with Gasteiger partial charge in [-0.05, 0) is 33.4 Å². The molecule has 2 unspecified atom stereocenters. The van der Waals surface area contributed by atoms with Crippen LogP contribution in [0.4, 0.5) is 0 Å². The lowest BCUT2D eigenvalue weighted by Gasteiger charge is -2.20. The van der Waals surface area contributed by atoms with E-state index in [1.165, 1.54) is 13.0 Å². The summed E-state index contributed by atoms with van der Waals surface area (Å²) < 4.78 is 0. The van der Waals surface area contributed by atoms with Gasteiger partial charge in [-0.15, -0.1) is 6.58 Å². The predicted octanol–water partition coefficient (Wildman–Crippen LogP) is -0.543. The van der Waals surface area contributed by atoms with Crippen molar-refractivity contribution in [3.8, 4) is 0 Å². The number of likely N-dealkylation sites (N-methyl/N-ethyl adjacent to an activating group) is 1. The maximum absolute atomic E-state index is 12.0. The maximum atomic E-state index is 12.0. The van der Waals surface area contributed by atoms with Gasteiger partial charge in [0, 0.05) is 6.54 Å². The first-order chi connectivity index (χ1) is 8.97. The molecule has 1 fully saturated rings. The summed E-state index contributed by atoms with van der Waals surface area (Å²) in [4.78, 5) is 37.0. The molecule has 0 spiro atoms. The van der Waals surface area contributed by atoms with Crippen molar-refractivity contribution in [1.29, 1.82) is 0 Å². The summed E-state index contributed by atoms with van der Waals surface area (Å²) in [5.74, 6) is -1.54. The molecule has 1 rings (SSSR count). The number of carbonyl (C=O) groups is 3. The first-order valence-corrected chi connectivity index (χ1v) is 6.41. The van der Waals surface area contributed by atoms with Gasteiger partial charge in [0.15, 0.2) is 0 Å². The Morgan fingerprint density at radius 2 is 2.16 bits per heavy atom. The molecule has 0 aromatic heterocycles. The lowest BCUT2D eigenvalue weighted by atomic mass is 10.1. The summed E-state index contributed by atoms with van der Waals surface area (Å²) in [6.07, 6.45) is 3.24. The van der Waals surface area contributed by atoms with E-state index in [1.807, 2.05) is 11.9 Å². The van der Waals surface area contributed by atoms with Gasteiger partial charge in [-0.25, -0.2) is 0 Å². The molecule has 106 valence electrons. The molecule has 1 heterocycles. The van der Waals surface area contributed by atoms with Crippen molar-refractivity contribution in [3.05, 3.63) is 12.7 Å². The standard InChI is InChI=1S/C13H21N3O3/c1-4-7-14-13(19)11(17)9(2)15-12(18)10-6-5-8-16(10)3/h4,9-10H,1,5-8H2,2-3H3,(H,14,19)(H,15,18). The summed E-state index contributed by atoms with van der Waals surface area (Å²) in [5, 5.41) is 4.99. The number of likely N-dealkylation sites (tertiary alicyclic amines) is 1. The number of Topliss-reactive ketones (excluding diaryl/α,β-unsaturated/α-hetero) is 1. The Hall–Kier alpha value is -1.69. The average Bonchev–Trinajstić information content (AvgIpc) is 2.81. The van der Waals surface area contributed by atoms with E-state index >= 15 is 0 Å². The minimum Gasteiger partial charge on any atom is -0.346 e. The molecule has 0 saturated carbocycles. The minimum absolute atomic E-state index is 0.197. The third kappa shape index (κ3) is 4.17. The number of hydrogen-bond acceptors (Lipinski definition) is 4. The molecular formula is C13H21N3O3. The smallest absolute Gasteiger partial charge is 0.289 e. The Bertz CT molecular complexity index is 381. The van der Waals surface area contributed by atoms with Crippen LogP contribution >= 0.6 is 0 Å². The number of ketones is 1. The van der Waals surface area contributed by atoms with Crippen LogP contribution in [-0.4, -0.2) is 54.7 Å². The van der Waals surface area contributed by atoms with Crippen molar-refractivity contribution in [2.45, 2.75) is 31.8 Å². The SMILES string of the molecule is C=CCNC(=O)C(=O)C(C)NC(=O)C1CCCN1C. The summed E-state index contributed by atoms with van der Waals surface area (Å²) in [6, 6.07) is -1.02. The molecule has 6 nitrogen and oxygen atoms in total. The first kappa shape index (κ1) is 15.4. The van der Waals surface area contributed by atoms with Crippen molar-refractivity contribution in [1.82, 2.24) is 15.5 Å². The van der Waals surface area contributed by atoms with Gasteiger partial charge in [-0.2, -0.15) is 0 Å². The second-order valence-electron chi connectivity index (χ2n) is 4.73. The van der Waals surface area contributed by atoms with Crippen LogP contribution in [0.15, 0.2) is 12.7 Å². The Balaban J connectivity index is 2.47. The summed E-state index contributed by atoms with van der Waals surface area (Å²) in [7, 11) is 1.88. The zero-order valence-corrected chi connectivity index (χ0v) is 11.4. The molecule has 1 aliphatic rings. The van der Waals surface area contributed by atoms with Gasteiger partial charge in [0.25, 0.3) is 5.91 Å². The lowest BCUT2D eigenvalue weighted by molar-refractivity contribution is -0.140. The highest BCUT2D eigenvalue weighted by molar-refractivity contribution is 6.38. The predicted molar refractivity (Wildman–Crippen MR) is 71.5 cm³/mol. The maximum Gasteiger partial charge on any atom is 0.289 e. The van der Waals surface area contributed by atoms with Gasteiger partial charge in [0.2, 0.25) is 11.7 Å². The molecule has 1 aliphatic heterocycles. The fourth-order valence-electron chi connectivity index (χ4n) is 2.07. The van der Waals surface area contributed by atoms with Crippen LogP contribution in [0.5, 0.6) is 0 Å². The monoisotopic (exact) mass is 267 g/mol. The summed E-state index contributed by atoms with van der Waals surface area (Å²) in [5.41, 5.74) is 0. The Labute approximate surface area is 113 Å². The molecular weight excluding hydrogens is 246 g/mol. The van der Waals surface area contributed by atoms with E-state index in [0.717, 1.165) is 19.4 Å². The van der Waals surface area contributed by atoms with Gasteiger partial charge in [-0.1, -0.05) is 6.08 Å². The molecule has 19 heavy (non-hydrogen) atoms. The molecule has 6 heteroatoms. The van der Waals surface area contributed by atoms with Gasteiger partial charge < -0.3 is 10.6 Å². The third-order valence-electron chi connectivity index (χ3n) is 3.21. The number of rotatable bonds is 6. The van der Waals surface area contributed by atoms with Crippen molar-refractivity contribution in [2.75, 3.05) is 20.1 Å². The molecule has 0 aromatic rings. The summed E-state index contributed by atoms with van der Waals surface area (Å²) in [6.45, 7) is 6.07. The van der Waals surface area contributed by atoms with E-state index in [1.54, 1.807) is 0 Å². The van der Waals surface area contributed by atoms with Crippen molar-refractivity contribution < 1.29 is 14.4 Å². The normalized spacial score (nSPS) is 20.6. The molecule has 0 radical (unpaired) electrons. The number of hydrogen-bond donors (Lipinski definition) is 2. The topological polar surface area (TPSA) is 78.5 Å². The molecule has 0 aromatic carbocycles. The molecule has 2 atom stereocenters.